The first-order valence-corrected chi connectivity index (χ1v) is 8.32. The first-order chi connectivity index (χ1) is 11.1. The van der Waals surface area contributed by atoms with Crippen LogP contribution in [0.15, 0.2) is 18.2 Å². The zero-order valence-corrected chi connectivity index (χ0v) is 14.1. The van der Waals surface area contributed by atoms with Crippen molar-refractivity contribution in [3.63, 3.8) is 0 Å². The lowest BCUT2D eigenvalue weighted by Crippen LogP contribution is -2.40. The van der Waals surface area contributed by atoms with Crippen molar-refractivity contribution in [1.29, 1.82) is 0 Å². The number of benzene rings is 1. The lowest BCUT2D eigenvalue weighted by molar-refractivity contribution is 0.0936. The number of methoxy groups -OCH3 is 1. The molecule has 2 N–H and O–H groups in total. The number of nitrogens with zero attached hydrogens (tertiary/aromatic N) is 1. The van der Waals surface area contributed by atoms with Crippen LogP contribution < -0.4 is 10.1 Å². The van der Waals surface area contributed by atoms with E-state index in [9.17, 15) is 4.79 Å². The Morgan fingerprint density at radius 3 is 3.04 bits per heavy atom. The van der Waals surface area contributed by atoms with E-state index < -0.39 is 0 Å². The molecule has 1 aromatic carbocycles. The summed E-state index contributed by atoms with van der Waals surface area (Å²) in [6.07, 6.45) is 2.39. The van der Waals surface area contributed by atoms with Gasteiger partial charge >= 0.3 is 0 Å². The summed E-state index contributed by atoms with van der Waals surface area (Å²) >= 11 is 0. The number of likely N-dealkylation sites (tertiary alicyclic amines) is 1. The Kier molecular flexibility index (Phi) is 4.57. The molecule has 5 nitrogen and oxygen atoms in total. The molecule has 1 amide bonds. The van der Waals surface area contributed by atoms with Gasteiger partial charge in [0.05, 0.1) is 7.11 Å². The summed E-state index contributed by atoms with van der Waals surface area (Å²) in [5, 5.41) is 4.13. The molecule has 3 rings (SSSR count). The number of amides is 1. The van der Waals surface area contributed by atoms with Gasteiger partial charge in [0.1, 0.15) is 11.4 Å². The van der Waals surface area contributed by atoms with Crippen LogP contribution in [0.4, 0.5) is 0 Å². The van der Waals surface area contributed by atoms with Gasteiger partial charge in [-0.1, -0.05) is 6.92 Å². The molecular formula is C18H25N3O2. The maximum absolute atomic E-state index is 12.5. The van der Waals surface area contributed by atoms with Crippen LogP contribution in [-0.2, 0) is 0 Å². The van der Waals surface area contributed by atoms with Crippen LogP contribution in [0.5, 0.6) is 5.75 Å². The lowest BCUT2D eigenvalue weighted by Gasteiger charge is -2.22. The summed E-state index contributed by atoms with van der Waals surface area (Å²) in [5.41, 5.74) is 2.58. The third-order valence-corrected chi connectivity index (χ3v) is 4.90. The van der Waals surface area contributed by atoms with Gasteiger partial charge in [0.15, 0.2) is 0 Å². The molecule has 1 atom stereocenters. The molecule has 2 aromatic rings. The predicted octanol–water partition coefficient (Wildman–Crippen LogP) is 2.70. The minimum Gasteiger partial charge on any atom is -0.497 e. The fraction of sp³-hybridized carbons (Fsp3) is 0.500. The summed E-state index contributed by atoms with van der Waals surface area (Å²) in [6.45, 7) is 7.05. The quantitative estimate of drug-likeness (QED) is 0.892. The third-order valence-electron chi connectivity index (χ3n) is 4.90. The number of aromatic amines is 1. The van der Waals surface area contributed by atoms with E-state index >= 15 is 0 Å². The highest BCUT2D eigenvalue weighted by molar-refractivity contribution is 6.01. The van der Waals surface area contributed by atoms with Crippen molar-refractivity contribution in [3.05, 3.63) is 29.5 Å². The SMILES string of the molecule is CCN1CCC[C@@H]1CNC(=O)c1[nH]c2ccc(OC)cc2c1C. The van der Waals surface area contributed by atoms with E-state index in [0.717, 1.165) is 41.7 Å². The Balaban J connectivity index is 1.74. The number of carbonyl (C=O) groups is 1. The molecule has 0 aliphatic carbocycles. The normalized spacial score (nSPS) is 18.5. The molecule has 124 valence electrons. The second-order valence-corrected chi connectivity index (χ2v) is 6.17. The highest BCUT2D eigenvalue weighted by Crippen LogP contribution is 2.26. The van der Waals surface area contributed by atoms with Crippen molar-refractivity contribution in [3.8, 4) is 5.75 Å². The summed E-state index contributed by atoms with van der Waals surface area (Å²) in [5.74, 6) is 0.775. The number of aromatic nitrogens is 1. The van der Waals surface area contributed by atoms with Gasteiger partial charge in [-0.25, -0.2) is 0 Å². The van der Waals surface area contributed by atoms with Crippen LogP contribution in [0.2, 0.25) is 0 Å². The fourth-order valence-electron chi connectivity index (χ4n) is 3.50. The first kappa shape index (κ1) is 15.9. The number of nitrogens with one attached hydrogen (secondary N) is 2. The molecule has 5 heteroatoms. The topological polar surface area (TPSA) is 57.4 Å². The maximum atomic E-state index is 12.5. The van der Waals surface area contributed by atoms with Gasteiger partial charge in [-0.05, 0) is 56.6 Å². The van der Waals surface area contributed by atoms with Crippen molar-refractivity contribution in [2.45, 2.75) is 32.7 Å². The monoisotopic (exact) mass is 315 g/mol. The van der Waals surface area contributed by atoms with Crippen molar-refractivity contribution >= 4 is 16.8 Å². The Hall–Kier alpha value is -2.01. The average Bonchev–Trinajstić information content (AvgIpc) is 3.16. The van der Waals surface area contributed by atoms with Crippen LogP contribution in [0.25, 0.3) is 10.9 Å². The number of rotatable bonds is 5. The van der Waals surface area contributed by atoms with Crippen LogP contribution in [0.3, 0.4) is 0 Å². The highest BCUT2D eigenvalue weighted by Gasteiger charge is 2.24. The van der Waals surface area contributed by atoms with Crippen molar-refractivity contribution in [1.82, 2.24) is 15.2 Å². The number of fused-ring (bicyclic) bond motifs is 1. The van der Waals surface area contributed by atoms with E-state index in [-0.39, 0.29) is 5.91 Å². The molecule has 1 aliphatic heterocycles. The van der Waals surface area contributed by atoms with Gasteiger partial charge < -0.3 is 15.0 Å². The van der Waals surface area contributed by atoms with Crippen LogP contribution >= 0.6 is 0 Å². The molecule has 2 heterocycles. The molecule has 0 saturated carbocycles. The molecule has 0 bridgehead atoms. The van der Waals surface area contributed by atoms with Crippen molar-refractivity contribution in [2.24, 2.45) is 0 Å². The number of hydrogen-bond acceptors (Lipinski definition) is 3. The molecule has 0 unspecified atom stereocenters. The number of hydrogen-bond donors (Lipinski definition) is 2. The molecule has 23 heavy (non-hydrogen) atoms. The Morgan fingerprint density at radius 2 is 2.30 bits per heavy atom. The average molecular weight is 315 g/mol. The van der Waals surface area contributed by atoms with Gasteiger partial charge in [0.2, 0.25) is 0 Å². The van der Waals surface area contributed by atoms with Gasteiger partial charge in [-0.15, -0.1) is 0 Å². The van der Waals surface area contributed by atoms with Crippen LogP contribution in [-0.4, -0.2) is 48.6 Å². The van der Waals surface area contributed by atoms with Gasteiger partial charge in [-0.2, -0.15) is 0 Å². The van der Waals surface area contributed by atoms with Gasteiger partial charge in [-0.3, -0.25) is 9.69 Å². The Morgan fingerprint density at radius 1 is 1.48 bits per heavy atom. The zero-order chi connectivity index (χ0) is 16.4. The molecular weight excluding hydrogens is 290 g/mol. The highest BCUT2D eigenvalue weighted by atomic mass is 16.5. The molecule has 1 fully saturated rings. The molecule has 1 aromatic heterocycles. The summed E-state index contributed by atoms with van der Waals surface area (Å²) in [7, 11) is 1.65. The smallest absolute Gasteiger partial charge is 0.268 e. The molecule has 1 saturated heterocycles. The second kappa shape index (κ2) is 6.62. The zero-order valence-electron chi connectivity index (χ0n) is 14.1. The maximum Gasteiger partial charge on any atom is 0.268 e. The summed E-state index contributed by atoms with van der Waals surface area (Å²) < 4.78 is 5.27. The summed E-state index contributed by atoms with van der Waals surface area (Å²) in [4.78, 5) is 18.2. The number of H-pyrrole nitrogens is 1. The molecule has 0 spiro atoms. The Labute approximate surface area is 137 Å². The number of ether oxygens (including phenoxy) is 1. The first-order valence-electron chi connectivity index (χ1n) is 8.32. The molecule has 0 radical (unpaired) electrons. The lowest BCUT2D eigenvalue weighted by atomic mass is 10.1. The Bertz CT molecular complexity index is 708. The summed E-state index contributed by atoms with van der Waals surface area (Å²) in [6, 6.07) is 6.28. The van der Waals surface area contributed by atoms with E-state index in [0.29, 0.717) is 18.3 Å². The van der Waals surface area contributed by atoms with Crippen molar-refractivity contribution < 1.29 is 9.53 Å². The largest absolute Gasteiger partial charge is 0.497 e. The van der Waals surface area contributed by atoms with E-state index in [4.69, 9.17) is 4.74 Å². The van der Waals surface area contributed by atoms with E-state index in [1.165, 1.54) is 6.42 Å². The number of carbonyl (C=O) groups excluding carboxylic acids is 1. The van der Waals surface area contributed by atoms with Gasteiger partial charge in [0, 0.05) is 23.5 Å². The fourth-order valence-corrected chi connectivity index (χ4v) is 3.50. The van der Waals surface area contributed by atoms with Crippen LogP contribution in [0, 0.1) is 6.92 Å². The minimum atomic E-state index is -0.0272. The van der Waals surface area contributed by atoms with Gasteiger partial charge in [0.25, 0.3) is 5.91 Å². The van der Waals surface area contributed by atoms with E-state index in [1.807, 2.05) is 25.1 Å². The minimum absolute atomic E-state index is 0.0272. The number of aryl methyl sites for hydroxylation is 1. The van der Waals surface area contributed by atoms with E-state index in [1.54, 1.807) is 7.11 Å². The van der Waals surface area contributed by atoms with Crippen LogP contribution in [0.1, 0.15) is 35.8 Å². The standard InChI is InChI=1S/C18H25N3O2/c1-4-21-9-5-6-13(21)11-19-18(22)17-12(2)15-10-14(23-3)7-8-16(15)20-17/h7-8,10,13,20H,4-6,9,11H2,1-3H3,(H,19,22)/t13-/m1/s1. The molecule has 1 aliphatic rings. The van der Waals surface area contributed by atoms with Crippen molar-refractivity contribution in [2.75, 3.05) is 26.7 Å². The second-order valence-electron chi connectivity index (χ2n) is 6.17. The third kappa shape index (κ3) is 3.06. The number of likely N-dealkylation sites (N-methyl/N-ethyl adjacent to an activating group) is 1. The van der Waals surface area contributed by atoms with E-state index in [2.05, 4.69) is 22.1 Å². The predicted molar refractivity (Wildman–Crippen MR) is 92.2 cm³/mol.